The minimum absolute atomic E-state index is 0.132. The summed E-state index contributed by atoms with van der Waals surface area (Å²) in [6, 6.07) is 14.1. The number of hydrogen-bond acceptors (Lipinski definition) is 5. The number of sulfonamides is 1. The van der Waals surface area contributed by atoms with Crippen LogP contribution in [0, 0.1) is 0 Å². The SMILES string of the molecule is CN(C)C(=O)Sc1ccccc1NC(=O)/C=C/c1ccc(N2CCCS2(=O)=O)cc1. The molecular weight excluding hydrogens is 422 g/mol. The molecule has 9 heteroatoms. The van der Waals surface area contributed by atoms with Crippen LogP contribution in [0.3, 0.4) is 0 Å². The van der Waals surface area contributed by atoms with Crippen LogP contribution in [0.25, 0.3) is 6.08 Å². The van der Waals surface area contributed by atoms with Gasteiger partial charge in [0.25, 0.3) is 5.24 Å². The van der Waals surface area contributed by atoms with Crippen LogP contribution in [0.15, 0.2) is 59.5 Å². The van der Waals surface area contributed by atoms with Gasteiger partial charge in [0.05, 0.1) is 17.1 Å². The van der Waals surface area contributed by atoms with E-state index in [0.717, 1.165) is 17.3 Å². The third-order valence-corrected chi connectivity index (χ3v) is 7.40. The summed E-state index contributed by atoms with van der Waals surface area (Å²) in [5.41, 5.74) is 1.96. The molecule has 0 radical (unpaired) electrons. The van der Waals surface area contributed by atoms with Gasteiger partial charge in [-0.3, -0.25) is 13.9 Å². The van der Waals surface area contributed by atoms with E-state index in [2.05, 4.69) is 5.32 Å². The van der Waals surface area contributed by atoms with Crippen LogP contribution in [-0.2, 0) is 14.8 Å². The van der Waals surface area contributed by atoms with Gasteiger partial charge in [-0.05, 0) is 54.1 Å². The zero-order valence-electron chi connectivity index (χ0n) is 16.7. The molecule has 30 heavy (non-hydrogen) atoms. The maximum atomic E-state index is 12.3. The second-order valence-electron chi connectivity index (χ2n) is 6.91. The number of rotatable bonds is 5. The summed E-state index contributed by atoms with van der Waals surface area (Å²) in [5.74, 6) is -0.152. The van der Waals surface area contributed by atoms with E-state index in [9.17, 15) is 18.0 Å². The number of nitrogens with zero attached hydrogens (tertiary/aromatic N) is 2. The van der Waals surface area contributed by atoms with Crippen molar-refractivity contribution in [2.24, 2.45) is 0 Å². The number of benzene rings is 2. The van der Waals surface area contributed by atoms with Gasteiger partial charge in [0.1, 0.15) is 0 Å². The van der Waals surface area contributed by atoms with Crippen LogP contribution in [0.5, 0.6) is 0 Å². The summed E-state index contributed by atoms with van der Waals surface area (Å²) in [6.07, 6.45) is 3.68. The third-order valence-electron chi connectivity index (χ3n) is 4.41. The number of nitrogens with one attached hydrogen (secondary N) is 1. The molecular formula is C21H23N3O4S2. The number of hydrogen-bond donors (Lipinski definition) is 1. The third kappa shape index (κ3) is 5.43. The number of carbonyl (C=O) groups is 2. The lowest BCUT2D eigenvalue weighted by Gasteiger charge is -2.16. The summed E-state index contributed by atoms with van der Waals surface area (Å²) in [6.45, 7) is 0.494. The van der Waals surface area contributed by atoms with Crippen LogP contribution in [0.2, 0.25) is 0 Å². The molecule has 0 aromatic heterocycles. The van der Waals surface area contributed by atoms with Gasteiger partial charge in [0, 0.05) is 31.6 Å². The van der Waals surface area contributed by atoms with Gasteiger partial charge in [-0.25, -0.2) is 8.42 Å². The largest absolute Gasteiger partial charge is 0.339 e. The molecule has 0 spiro atoms. The van der Waals surface area contributed by atoms with Crippen LogP contribution in [0.1, 0.15) is 12.0 Å². The Morgan fingerprint density at radius 3 is 2.43 bits per heavy atom. The number of amides is 2. The topological polar surface area (TPSA) is 86.8 Å². The van der Waals surface area contributed by atoms with Gasteiger partial charge in [-0.1, -0.05) is 24.3 Å². The molecule has 1 aliphatic rings. The highest BCUT2D eigenvalue weighted by molar-refractivity contribution is 8.13. The van der Waals surface area contributed by atoms with Gasteiger partial charge in [-0.15, -0.1) is 0 Å². The summed E-state index contributed by atoms with van der Waals surface area (Å²) >= 11 is 1.04. The van der Waals surface area contributed by atoms with Crippen LogP contribution in [0.4, 0.5) is 16.2 Å². The Labute approximate surface area is 180 Å². The van der Waals surface area contributed by atoms with E-state index in [-0.39, 0.29) is 16.9 Å². The Morgan fingerprint density at radius 1 is 1.10 bits per heavy atom. The first-order chi connectivity index (χ1) is 14.3. The van der Waals surface area contributed by atoms with Crippen molar-refractivity contribution in [1.82, 2.24) is 4.90 Å². The fraction of sp³-hybridized carbons (Fsp3) is 0.238. The average Bonchev–Trinajstić information content (AvgIpc) is 3.07. The van der Waals surface area contributed by atoms with Crippen molar-refractivity contribution < 1.29 is 18.0 Å². The van der Waals surface area contributed by atoms with Crippen molar-refractivity contribution in [3.63, 3.8) is 0 Å². The number of carbonyl (C=O) groups excluding carboxylic acids is 2. The predicted octanol–water partition coefficient (Wildman–Crippen LogP) is 3.65. The summed E-state index contributed by atoms with van der Waals surface area (Å²) in [7, 11) is 0.131. The van der Waals surface area contributed by atoms with E-state index in [0.29, 0.717) is 29.2 Å². The Balaban J connectivity index is 1.65. The van der Waals surface area contributed by atoms with Crippen LogP contribution >= 0.6 is 11.8 Å². The lowest BCUT2D eigenvalue weighted by molar-refractivity contribution is -0.111. The Morgan fingerprint density at radius 2 is 1.80 bits per heavy atom. The number of para-hydroxylation sites is 1. The van der Waals surface area contributed by atoms with E-state index in [1.54, 1.807) is 68.7 Å². The monoisotopic (exact) mass is 445 g/mol. The first-order valence-corrected chi connectivity index (χ1v) is 11.8. The zero-order chi connectivity index (χ0) is 21.7. The smallest absolute Gasteiger partial charge is 0.286 e. The summed E-state index contributed by atoms with van der Waals surface area (Å²) < 4.78 is 25.4. The molecule has 1 heterocycles. The lowest BCUT2D eigenvalue weighted by Crippen LogP contribution is -2.24. The van der Waals surface area contributed by atoms with Crippen molar-refractivity contribution in [2.75, 3.05) is 36.0 Å². The van der Waals surface area contributed by atoms with Crippen molar-refractivity contribution in [1.29, 1.82) is 0 Å². The van der Waals surface area contributed by atoms with Crippen LogP contribution < -0.4 is 9.62 Å². The molecule has 0 aliphatic carbocycles. The van der Waals surface area contributed by atoms with E-state index in [4.69, 9.17) is 0 Å². The maximum Gasteiger partial charge on any atom is 0.286 e. The molecule has 0 atom stereocenters. The number of anilines is 2. The molecule has 0 unspecified atom stereocenters. The highest BCUT2D eigenvalue weighted by Gasteiger charge is 2.28. The molecule has 3 rings (SSSR count). The minimum atomic E-state index is -3.21. The summed E-state index contributed by atoms with van der Waals surface area (Å²) in [5, 5.41) is 2.66. The van der Waals surface area contributed by atoms with Gasteiger partial charge in [0.15, 0.2) is 0 Å². The maximum absolute atomic E-state index is 12.3. The molecule has 2 amide bonds. The van der Waals surface area contributed by atoms with Gasteiger partial charge in [0.2, 0.25) is 15.9 Å². The van der Waals surface area contributed by atoms with E-state index in [1.165, 1.54) is 15.3 Å². The van der Waals surface area contributed by atoms with E-state index < -0.39 is 10.0 Å². The molecule has 7 nitrogen and oxygen atoms in total. The van der Waals surface area contributed by atoms with Gasteiger partial charge < -0.3 is 10.2 Å². The minimum Gasteiger partial charge on any atom is -0.339 e. The molecule has 1 fully saturated rings. The van der Waals surface area contributed by atoms with Crippen molar-refractivity contribution >= 4 is 50.4 Å². The standard InChI is InChI=1S/C21H23N3O4S2/c1-23(2)21(26)29-19-7-4-3-6-18(19)22-20(25)13-10-16-8-11-17(12-9-16)24-14-5-15-30(24,27)28/h3-4,6-13H,5,14-15H2,1-2H3,(H,22,25)/b13-10+. The molecule has 158 valence electrons. The second kappa shape index (κ2) is 9.36. The van der Waals surface area contributed by atoms with Crippen LogP contribution in [-0.4, -0.2) is 50.9 Å². The van der Waals surface area contributed by atoms with Gasteiger partial charge in [-0.2, -0.15) is 0 Å². The number of thioether (sulfide) groups is 1. The average molecular weight is 446 g/mol. The quantitative estimate of drug-likeness (QED) is 0.561. The zero-order valence-corrected chi connectivity index (χ0v) is 18.4. The second-order valence-corrected chi connectivity index (χ2v) is 9.92. The lowest BCUT2D eigenvalue weighted by atomic mass is 10.2. The van der Waals surface area contributed by atoms with Gasteiger partial charge >= 0.3 is 0 Å². The van der Waals surface area contributed by atoms with E-state index in [1.807, 2.05) is 0 Å². The fourth-order valence-electron chi connectivity index (χ4n) is 2.87. The predicted molar refractivity (Wildman–Crippen MR) is 121 cm³/mol. The molecule has 1 N–H and O–H groups in total. The Hall–Kier alpha value is -2.78. The molecule has 2 aromatic carbocycles. The Bertz CT molecular complexity index is 1060. The van der Waals surface area contributed by atoms with E-state index >= 15 is 0 Å². The van der Waals surface area contributed by atoms with Crippen molar-refractivity contribution in [2.45, 2.75) is 11.3 Å². The van der Waals surface area contributed by atoms with Crippen molar-refractivity contribution in [3.8, 4) is 0 Å². The summed E-state index contributed by atoms with van der Waals surface area (Å²) in [4.78, 5) is 26.4. The highest BCUT2D eigenvalue weighted by Crippen LogP contribution is 2.29. The normalized spacial score (nSPS) is 15.3. The van der Waals surface area contributed by atoms with Crippen molar-refractivity contribution in [3.05, 3.63) is 60.2 Å². The molecule has 2 aromatic rings. The highest BCUT2D eigenvalue weighted by atomic mass is 32.2. The fourth-order valence-corrected chi connectivity index (χ4v) is 5.18. The first-order valence-electron chi connectivity index (χ1n) is 9.34. The first kappa shape index (κ1) is 21.9. The molecule has 1 aliphatic heterocycles. The Kier molecular flexibility index (Phi) is 6.84. The molecule has 0 saturated carbocycles. The molecule has 1 saturated heterocycles. The molecule has 0 bridgehead atoms.